The molecule has 1 unspecified atom stereocenters. The molecule has 2 heteroatoms. The number of hydrogen-bond acceptors (Lipinski definition) is 2. The molecule has 2 rings (SSSR count). The highest BCUT2D eigenvalue weighted by molar-refractivity contribution is 5.07. The molecule has 0 aliphatic carbocycles. The van der Waals surface area contributed by atoms with Crippen LogP contribution in [0.3, 0.4) is 0 Å². The maximum atomic E-state index is 2.70. The van der Waals surface area contributed by atoms with Gasteiger partial charge in [0.05, 0.1) is 0 Å². The monoisotopic (exact) mass is 196 g/mol. The van der Waals surface area contributed by atoms with Crippen molar-refractivity contribution in [3.63, 3.8) is 0 Å². The molecular formula is C12H24N2. The fourth-order valence-corrected chi connectivity index (χ4v) is 3.13. The van der Waals surface area contributed by atoms with E-state index in [0.717, 1.165) is 12.1 Å². The van der Waals surface area contributed by atoms with E-state index in [1.54, 1.807) is 0 Å². The van der Waals surface area contributed by atoms with Crippen LogP contribution in [0.1, 0.15) is 40.5 Å². The molecule has 0 saturated carbocycles. The van der Waals surface area contributed by atoms with E-state index in [2.05, 4.69) is 37.5 Å². The summed E-state index contributed by atoms with van der Waals surface area (Å²) in [5, 5.41) is 0. The zero-order valence-electron chi connectivity index (χ0n) is 10.1. The topological polar surface area (TPSA) is 6.48 Å². The summed E-state index contributed by atoms with van der Waals surface area (Å²) in [7, 11) is 0. The largest absolute Gasteiger partial charge is 0.299 e. The normalized spacial score (nSPS) is 34.7. The molecule has 0 bridgehead atoms. The van der Waals surface area contributed by atoms with E-state index in [4.69, 9.17) is 0 Å². The molecule has 2 saturated heterocycles. The van der Waals surface area contributed by atoms with E-state index >= 15 is 0 Å². The fourth-order valence-electron chi connectivity index (χ4n) is 3.13. The van der Waals surface area contributed by atoms with Crippen LogP contribution in [0, 0.1) is 0 Å². The van der Waals surface area contributed by atoms with Gasteiger partial charge in [-0.05, 0) is 40.5 Å². The first-order chi connectivity index (χ1) is 6.55. The van der Waals surface area contributed by atoms with Crippen LogP contribution in [0.2, 0.25) is 0 Å². The highest BCUT2D eigenvalue weighted by Crippen LogP contribution is 2.40. The van der Waals surface area contributed by atoms with E-state index in [1.807, 2.05) is 0 Å². The van der Waals surface area contributed by atoms with Crippen molar-refractivity contribution in [2.24, 2.45) is 0 Å². The number of hydrogen-bond donors (Lipinski definition) is 0. The van der Waals surface area contributed by atoms with Crippen molar-refractivity contribution in [3.8, 4) is 0 Å². The van der Waals surface area contributed by atoms with Crippen molar-refractivity contribution in [2.75, 3.05) is 19.6 Å². The minimum atomic E-state index is 0.568. The van der Waals surface area contributed by atoms with Gasteiger partial charge in [-0.2, -0.15) is 0 Å². The number of likely N-dealkylation sites (tertiary alicyclic amines) is 2. The van der Waals surface area contributed by atoms with Gasteiger partial charge in [0.15, 0.2) is 0 Å². The van der Waals surface area contributed by atoms with Crippen LogP contribution in [0.25, 0.3) is 0 Å². The molecule has 2 fully saturated rings. The van der Waals surface area contributed by atoms with Gasteiger partial charge in [0, 0.05) is 37.3 Å². The SMILES string of the molecule is CC(C)N1CCC2(CCN2C(C)C)C1. The second-order valence-corrected chi connectivity index (χ2v) is 5.58. The molecule has 2 aliphatic heterocycles. The lowest BCUT2D eigenvalue weighted by atomic mass is 9.82. The zero-order valence-corrected chi connectivity index (χ0v) is 10.1. The summed E-state index contributed by atoms with van der Waals surface area (Å²) in [4.78, 5) is 5.34. The Morgan fingerprint density at radius 2 is 1.57 bits per heavy atom. The third-order valence-corrected chi connectivity index (χ3v) is 4.14. The summed E-state index contributed by atoms with van der Waals surface area (Å²) in [5.41, 5.74) is 0.568. The van der Waals surface area contributed by atoms with Gasteiger partial charge in [0.25, 0.3) is 0 Å². The van der Waals surface area contributed by atoms with Gasteiger partial charge >= 0.3 is 0 Å². The van der Waals surface area contributed by atoms with E-state index < -0.39 is 0 Å². The Labute approximate surface area is 88.3 Å². The summed E-state index contributed by atoms with van der Waals surface area (Å²) in [6, 6.07) is 1.46. The lowest BCUT2D eigenvalue weighted by Crippen LogP contribution is -2.63. The van der Waals surface area contributed by atoms with Crippen molar-refractivity contribution < 1.29 is 0 Å². The van der Waals surface area contributed by atoms with Crippen LogP contribution in [0.4, 0.5) is 0 Å². The zero-order chi connectivity index (χ0) is 10.3. The number of nitrogens with zero attached hydrogens (tertiary/aromatic N) is 2. The molecule has 0 aromatic carbocycles. The van der Waals surface area contributed by atoms with Crippen molar-refractivity contribution in [3.05, 3.63) is 0 Å². The molecule has 82 valence electrons. The first kappa shape index (κ1) is 10.4. The molecule has 1 atom stereocenters. The van der Waals surface area contributed by atoms with E-state index in [-0.39, 0.29) is 0 Å². The summed E-state index contributed by atoms with van der Waals surface area (Å²) >= 11 is 0. The van der Waals surface area contributed by atoms with Crippen LogP contribution in [0.15, 0.2) is 0 Å². The highest BCUT2D eigenvalue weighted by Gasteiger charge is 2.50. The summed E-state index contributed by atoms with van der Waals surface area (Å²) in [6.07, 6.45) is 2.82. The average Bonchev–Trinajstić information content (AvgIpc) is 2.46. The van der Waals surface area contributed by atoms with Gasteiger partial charge in [-0.1, -0.05) is 0 Å². The van der Waals surface area contributed by atoms with Gasteiger partial charge in [0.2, 0.25) is 0 Å². The first-order valence-electron chi connectivity index (χ1n) is 6.06. The molecule has 2 heterocycles. The third-order valence-electron chi connectivity index (χ3n) is 4.14. The molecule has 0 aromatic heterocycles. The van der Waals surface area contributed by atoms with E-state index in [1.165, 1.54) is 32.5 Å². The van der Waals surface area contributed by atoms with Gasteiger partial charge in [-0.3, -0.25) is 9.80 Å². The maximum Gasteiger partial charge on any atom is 0.0363 e. The lowest BCUT2D eigenvalue weighted by Gasteiger charge is -2.53. The molecule has 2 nitrogen and oxygen atoms in total. The van der Waals surface area contributed by atoms with Crippen LogP contribution in [-0.4, -0.2) is 47.1 Å². The molecule has 0 amide bonds. The van der Waals surface area contributed by atoms with E-state index in [9.17, 15) is 0 Å². The van der Waals surface area contributed by atoms with Gasteiger partial charge in [-0.15, -0.1) is 0 Å². The molecule has 14 heavy (non-hydrogen) atoms. The lowest BCUT2D eigenvalue weighted by molar-refractivity contribution is -0.0336. The minimum Gasteiger partial charge on any atom is -0.299 e. The standard InChI is InChI=1S/C12H24N2/c1-10(2)13-7-5-12(9-13)6-8-14(12)11(3)4/h10-11H,5-9H2,1-4H3. The van der Waals surface area contributed by atoms with E-state index in [0.29, 0.717) is 5.54 Å². The second-order valence-electron chi connectivity index (χ2n) is 5.58. The van der Waals surface area contributed by atoms with Crippen molar-refractivity contribution in [1.82, 2.24) is 9.80 Å². The average molecular weight is 196 g/mol. The van der Waals surface area contributed by atoms with Crippen LogP contribution < -0.4 is 0 Å². The molecule has 1 spiro atoms. The molecule has 0 N–H and O–H groups in total. The first-order valence-corrected chi connectivity index (χ1v) is 6.06. The Hall–Kier alpha value is -0.0800. The van der Waals surface area contributed by atoms with Crippen LogP contribution >= 0.6 is 0 Å². The van der Waals surface area contributed by atoms with Gasteiger partial charge < -0.3 is 0 Å². The van der Waals surface area contributed by atoms with Crippen molar-refractivity contribution in [2.45, 2.75) is 58.2 Å². The van der Waals surface area contributed by atoms with Crippen molar-refractivity contribution >= 4 is 0 Å². The fraction of sp³-hybridized carbons (Fsp3) is 1.00. The van der Waals surface area contributed by atoms with Crippen LogP contribution in [-0.2, 0) is 0 Å². The summed E-state index contributed by atoms with van der Waals surface area (Å²) in [6.45, 7) is 13.2. The Bertz CT molecular complexity index is 212. The Morgan fingerprint density at radius 3 is 1.93 bits per heavy atom. The summed E-state index contributed by atoms with van der Waals surface area (Å²) in [5.74, 6) is 0. The smallest absolute Gasteiger partial charge is 0.0363 e. The minimum absolute atomic E-state index is 0.568. The highest BCUT2D eigenvalue weighted by atomic mass is 15.3. The Morgan fingerprint density at radius 1 is 0.929 bits per heavy atom. The summed E-state index contributed by atoms with van der Waals surface area (Å²) < 4.78 is 0. The predicted molar refractivity (Wildman–Crippen MR) is 60.5 cm³/mol. The van der Waals surface area contributed by atoms with Crippen LogP contribution in [0.5, 0.6) is 0 Å². The third kappa shape index (κ3) is 1.49. The predicted octanol–water partition coefficient (Wildman–Crippen LogP) is 1.95. The molecule has 0 radical (unpaired) electrons. The quantitative estimate of drug-likeness (QED) is 0.666. The molecule has 2 aliphatic rings. The van der Waals surface area contributed by atoms with Gasteiger partial charge in [-0.25, -0.2) is 0 Å². The second kappa shape index (κ2) is 3.49. The Kier molecular flexibility index (Phi) is 2.61. The maximum absolute atomic E-state index is 2.70. The van der Waals surface area contributed by atoms with Crippen molar-refractivity contribution in [1.29, 1.82) is 0 Å². The Balaban J connectivity index is 1.99. The van der Waals surface area contributed by atoms with Gasteiger partial charge in [0.1, 0.15) is 0 Å². The molecular weight excluding hydrogens is 172 g/mol. The number of rotatable bonds is 2. The molecule has 0 aromatic rings.